The number of hydrogen-bond acceptors (Lipinski definition) is 3. The van der Waals surface area contributed by atoms with Crippen molar-refractivity contribution in [2.75, 3.05) is 0 Å². The molecule has 2 aromatic rings. The number of H-pyrrole nitrogens is 1. The Morgan fingerprint density at radius 3 is 2.20 bits per heavy atom. The van der Waals surface area contributed by atoms with Crippen LogP contribution in [0.3, 0.4) is 0 Å². The van der Waals surface area contributed by atoms with Gasteiger partial charge in [-0.1, -0.05) is 0 Å². The highest BCUT2D eigenvalue weighted by Crippen LogP contribution is 1.79. The van der Waals surface area contributed by atoms with Gasteiger partial charge < -0.3 is 4.42 Å². The summed E-state index contributed by atoms with van der Waals surface area (Å²) in [4.78, 5) is 3.56. The van der Waals surface area contributed by atoms with Crippen LogP contribution in [0.25, 0.3) is 0 Å². The van der Waals surface area contributed by atoms with Crippen LogP contribution < -0.4 is 0 Å². The Bertz CT molecular complexity index is 152. The summed E-state index contributed by atoms with van der Waals surface area (Å²) in [6.07, 6.45) is 6.21. The van der Waals surface area contributed by atoms with E-state index in [4.69, 9.17) is 0 Å². The molecule has 1 N–H and O–H groups in total. The van der Waals surface area contributed by atoms with E-state index in [-0.39, 0.29) is 0 Å². The average Bonchev–Trinajstić information content (AvgIpc) is 2.67. The van der Waals surface area contributed by atoms with E-state index < -0.39 is 0 Å². The van der Waals surface area contributed by atoms with E-state index in [1.807, 2.05) is 12.1 Å². The SMILES string of the molecule is c1ccoc1.c1nc[nH]n1. The van der Waals surface area contributed by atoms with Gasteiger partial charge in [-0.3, -0.25) is 5.10 Å². The van der Waals surface area contributed by atoms with E-state index >= 15 is 0 Å². The molecule has 52 valence electrons. The van der Waals surface area contributed by atoms with Gasteiger partial charge in [-0.05, 0) is 12.1 Å². The number of nitrogens with one attached hydrogen (secondary N) is 1. The zero-order chi connectivity index (χ0) is 7.07. The molecule has 0 atom stereocenters. The predicted molar refractivity (Wildman–Crippen MR) is 35.1 cm³/mol. The molecule has 4 nitrogen and oxygen atoms in total. The number of furan rings is 1. The van der Waals surface area contributed by atoms with E-state index in [1.165, 1.54) is 12.7 Å². The predicted octanol–water partition coefficient (Wildman–Crippen LogP) is 1.08. The molecule has 0 bridgehead atoms. The number of nitrogens with zero attached hydrogens (tertiary/aromatic N) is 2. The molecule has 0 aromatic carbocycles. The van der Waals surface area contributed by atoms with Gasteiger partial charge in [0.1, 0.15) is 12.7 Å². The van der Waals surface area contributed by atoms with Crippen LogP contribution in [-0.2, 0) is 0 Å². The monoisotopic (exact) mass is 137 g/mol. The van der Waals surface area contributed by atoms with Gasteiger partial charge in [-0.25, -0.2) is 4.98 Å². The molecule has 2 heterocycles. The summed E-state index contributed by atoms with van der Waals surface area (Å²) in [5.41, 5.74) is 0. The molecule has 0 aliphatic carbocycles. The average molecular weight is 137 g/mol. The molecule has 0 amide bonds. The number of rotatable bonds is 0. The first-order valence-electron chi connectivity index (χ1n) is 2.76. The van der Waals surface area contributed by atoms with Crippen molar-refractivity contribution >= 4 is 0 Å². The van der Waals surface area contributed by atoms with Crippen LogP contribution in [-0.4, -0.2) is 15.2 Å². The zero-order valence-electron chi connectivity index (χ0n) is 5.27. The first-order valence-corrected chi connectivity index (χ1v) is 2.76. The van der Waals surface area contributed by atoms with E-state index in [0.29, 0.717) is 0 Å². The molecule has 4 heteroatoms. The normalized spacial score (nSPS) is 8.00. The van der Waals surface area contributed by atoms with Gasteiger partial charge in [-0.2, -0.15) is 5.10 Å². The van der Waals surface area contributed by atoms with Crippen LogP contribution in [0.5, 0.6) is 0 Å². The molecule has 0 aliphatic rings. The van der Waals surface area contributed by atoms with E-state index in [2.05, 4.69) is 19.6 Å². The highest BCUT2D eigenvalue weighted by molar-refractivity contribution is 4.79. The van der Waals surface area contributed by atoms with Crippen molar-refractivity contribution in [2.45, 2.75) is 0 Å². The lowest BCUT2D eigenvalue weighted by Gasteiger charge is -1.50. The molecule has 0 fully saturated rings. The third-order valence-electron chi connectivity index (χ3n) is 0.757. The number of hydrogen-bond donors (Lipinski definition) is 1. The number of aromatic amines is 1. The standard InChI is InChI=1S/C4H4O.C2H3N3/c1-2-4-5-3-1;1-3-2-5-4-1/h1-4H;1-2H,(H,3,4,5). The molecule has 0 radical (unpaired) electrons. The van der Waals surface area contributed by atoms with Gasteiger partial charge in [0.05, 0.1) is 12.5 Å². The Morgan fingerprint density at radius 1 is 1.20 bits per heavy atom. The Balaban J connectivity index is 0.0000001000. The topological polar surface area (TPSA) is 54.7 Å². The Hall–Kier alpha value is -1.58. The van der Waals surface area contributed by atoms with Gasteiger partial charge in [0.25, 0.3) is 0 Å². The summed E-state index contributed by atoms with van der Waals surface area (Å²) in [6, 6.07) is 3.67. The molecule has 2 aromatic heterocycles. The highest BCUT2D eigenvalue weighted by atomic mass is 16.3. The summed E-state index contributed by atoms with van der Waals surface area (Å²) >= 11 is 0. The van der Waals surface area contributed by atoms with Crippen LogP contribution in [0.4, 0.5) is 0 Å². The second-order valence-electron chi connectivity index (χ2n) is 1.44. The molecule has 0 saturated heterocycles. The molecule has 0 saturated carbocycles. The fourth-order valence-corrected chi connectivity index (χ4v) is 0.393. The lowest BCUT2D eigenvalue weighted by molar-refractivity contribution is 0.567. The van der Waals surface area contributed by atoms with Crippen molar-refractivity contribution in [1.29, 1.82) is 0 Å². The van der Waals surface area contributed by atoms with E-state index in [1.54, 1.807) is 12.5 Å². The van der Waals surface area contributed by atoms with Gasteiger partial charge >= 0.3 is 0 Å². The molecule has 0 spiro atoms. The van der Waals surface area contributed by atoms with Crippen molar-refractivity contribution < 1.29 is 4.42 Å². The van der Waals surface area contributed by atoms with Crippen molar-refractivity contribution in [3.63, 3.8) is 0 Å². The van der Waals surface area contributed by atoms with Crippen molar-refractivity contribution in [3.05, 3.63) is 37.3 Å². The molecule has 0 aliphatic heterocycles. The Morgan fingerprint density at radius 2 is 2.00 bits per heavy atom. The minimum atomic E-state index is 1.44. The maximum atomic E-state index is 4.58. The third kappa shape index (κ3) is 2.66. The second-order valence-corrected chi connectivity index (χ2v) is 1.44. The van der Waals surface area contributed by atoms with Crippen molar-refractivity contribution in [2.24, 2.45) is 0 Å². The van der Waals surface area contributed by atoms with Crippen molar-refractivity contribution in [3.8, 4) is 0 Å². The second kappa shape index (κ2) is 4.31. The minimum absolute atomic E-state index is 1.44. The molecular weight excluding hydrogens is 130 g/mol. The fourth-order valence-electron chi connectivity index (χ4n) is 0.393. The maximum Gasteiger partial charge on any atom is 0.137 e. The molecule has 10 heavy (non-hydrogen) atoms. The smallest absolute Gasteiger partial charge is 0.137 e. The summed E-state index contributed by atoms with van der Waals surface area (Å²) in [5, 5.41) is 5.99. The van der Waals surface area contributed by atoms with Crippen LogP contribution in [0.2, 0.25) is 0 Å². The van der Waals surface area contributed by atoms with Gasteiger partial charge in [-0.15, -0.1) is 0 Å². The largest absolute Gasteiger partial charge is 0.473 e. The van der Waals surface area contributed by atoms with E-state index in [0.717, 1.165) is 0 Å². The summed E-state index contributed by atoms with van der Waals surface area (Å²) in [5.74, 6) is 0. The third-order valence-corrected chi connectivity index (χ3v) is 0.757. The fraction of sp³-hybridized carbons (Fsp3) is 0. The summed E-state index contributed by atoms with van der Waals surface area (Å²) in [6.45, 7) is 0. The zero-order valence-corrected chi connectivity index (χ0v) is 5.27. The number of aromatic nitrogens is 3. The van der Waals surface area contributed by atoms with E-state index in [9.17, 15) is 0 Å². The summed E-state index contributed by atoms with van der Waals surface area (Å²) < 4.78 is 4.58. The maximum absolute atomic E-state index is 4.58. The highest BCUT2D eigenvalue weighted by Gasteiger charge is 1.59. The first-order chi connectivity index (χ1) is 5.00. The van der Waals surface area contributed by atoms with Crippen molar-refractivity contribution in [1.82, 2.24) is 15.2 Å². The van der Waals surface area contributed by atoms with Gasteiger partial charge in [0, 0.05) is 0 Å². The molecular formula is C6H7N3O. The van der Waals surface area contributed by atoms with Gasteiger partial charge in [0.2, 0.25) is 0 Å². The lowest BCUT2D eigenvalue weighted by atomic mass is 10.7. The molecule has 0 unspecified atom stereocenters. The van der Waals surface area contributed by atoms with Crippen LogP contribution in [0.15, 0.2) is 41.7 Å². The van der Waals surface area contributed by atoms with Crippen LogP contribution in [0, 0.1) is 0 Å². The summed E-state index contributed by atoms with van der Waals surface area (Å²) in [7, 11) is 0. The Labute approximate surface area is 57.9 Å². The lowest BCUT2D eigenvalue weighted by Crippen LogP contribution is -1.53. The Kier molecular flexibility index (Phi) is 2.82. The quantitative estimate of drug-likeness (QED) is 0.591. The minimum Gasteiger partial charge on any atom is -0.473 e. The van der Waals surface area contributed by atoms with Crippen LogP contribution >= 0.6 is 0 Å². The van der Waals surface area contributed by atoms with Gasteiger partial charge in [0.15, 0.2) is 0 Å². The first kappa shape index (κ1) is 6.54. The molecule has 2 rings (SSSR count). The van der Waals surface area contributed by atoms with Crippen LogP contribution in [0.1, 0.15) is 0 Å².